The van der Waals surface area contributed by atoms with E-state index in [2.05, 4.69) is 32.6 Å². The molecule has 1 atom stereocenters. The predicted molar refractivity (Wildman–Crippen MR) is 88.2 cm³/mol. The van der Waals surface area contributed by atoms with Crippen molar-refractivity contribution < 1.29 is 10.2 Å². The van der Waals surface area contributed by atoms with Gasteiger partial charge in [-0.3, -0.25) is 4.90 Å². The zero-order valence-electron chi connectivity index (χ0n) is 13.9. The van der Waals surface area contributed by atoms with Gasteiger partial charge in [0.2, 0.25) is 0 Å². The van der Waals surface area contributed by atoms with Crippen LogP contribution in [0.5, 0.6) is 0 Å². The van der Waals surface area contributed by atoms with Crippen LogP contribution in [-0.2, 0) is 0 Å². The van der Waals surface area contributed by atoms with E-state index in [4.69, 9.17) is 0 Å². The summed E-state index contributed by atoms with van der Waals surface area (Å²) in [5.74, 6) is 0. The third kappa shape index (κ3) is 5.10. The summed E-state index contributed by atoms with van der Waals surface area (Å²) in [5, 5.41) is 20.0. The monoisotopic (exact) mass is 293 g/mol. The van der Waals surface area contributed by atoms with Crippen molar-refractivity contribution in [1.82, 2.24) is 4.90 Å². The third-order valence-electron chi connectivity index (χ3n) is 4.31. The lowest BCUT2D eigenvalue weighted by Gasteiger charge is -2.39. The van der Waals surface area contributed by atoms with Crippen molar-refractivity contribution in [3.05, 3.63) is 35.9 Å². The predicted octanol–water partition coefficient (Wildman–Crippen LogP) is 3.23. The summed E-state index contributed by atoms with van der Waals surface area (Å²) in [4.78, 5) is 2.31. The summed E-state index contributed by atoms with van der Waals surface area (Å²) >= 11 is 0. The summed E-state index contributed by atoms with van der Waals surface area (Å²) in [6.45, 7) is 10.1. The fourth-order valence-electron chi connectivity index (χ4n) is 3.02. The van der Waals surface area contributed by atoms with E-state index in [1.54, 1.807) is 0 Å². The zero-order valence-corrected chi connectivity index (χ0v) is 13.9. The second-order valence-corrected chi connectivity index (χ2v) is 6.47. The molecule has 3 heteroatoms. The molecule has 0 aliphatic heterocycles. The maximum absolute atomic E-state index is 10.7. The summed E-state index contributed by atoms with van der Waals surface area (Å²) in [5.41, 5.74) is 0.690. The Hall–Kier alpha value is -0.900. The molecule has 0 bridgehead atoms. The van der Waals surface area contributed by atoms with Crippen molar-refractivity contribution in [3.63, 3.8) is 0 Å². The fourth-order valence-corrected chi connectivity index (χ4v) is 3.02. The van der Waals surface area contributed by atoms with Gasteiger partial charge < -0.3 is 10.2 Å². The Morgan fingerprint density at radius 3 is 2.14 bits per heavy atom. The molecule has 21 heavy (non-hydrogen) atoms. The number of hydrogen-bond donors (Lipinski definition) is 2. The number of benzene rings is 1. The number of aliphatic hydroxyl groups is 2. The van der Waals surface area contributed by atoms with E-state index in [9.17, 15) is 10.2 Å². The third-order valence-corrected chi connectivity index (χ3v) is 4.31. The quantitative estimate of drug-likeness (QED) is 0.734. The van der Waals surface area contributed by atoms with Gasteiger partial charge in [0.25, 0.3) is 0 Å². The van der Waals surface area contributed by atoms with Crippen LogP contribution in [0.15, 0.2) is 30.3 Å². The smallest absolute Gasteiger partial charge is 0.0853 e. The topological polar surface area (TPSA) is 43.7 Å². The Morgan fingerprint density at radius 2 is 1.67 bits per heavy atom. The van der Waals surface area contributed by atoms with Crippen molar-refractivity contribution in [2.75, 3.05) is 19.7 Å². The van der Waals surface area contributed by atoms with Crippen LogP contribution in [0.4, 0.5) is 0 Å². The van der Waals surface area contributed by atoms with Crippen molar-refractivity contribution in [1.29, 1.82) is 0 Å². The first-order chi connectivity index (χ1) is 9.96. The van der Waals surface area contributed by atoms with E-state index in [1.807, 2.05) is 30.3 Å². The van der Waals surface area contributed by atoms with E-state index in [1.165, 1.54) is 0 Å². The highest BCUT2D eigenvalue weighted by molar-refractivity contribution is 5.19. The minimum atomic E-state index is -0.505. The second-order valence-electron chi connectivity index (χ2n) is 6.47. The maximum atomic E-state index is 10.7. The molecule has 2 N–H and O–H groups in total. The van der Waals surface area contributed by atoms with Crippen LogP contribution >= 0.6 is 0 Å². The van der Waals surface area contributed by atoms with Crippen LogP contribution in [0.3, 0.4) is 0 Å². The molecule has 0 aliphatic carbocycles. The molecule has 0 amide bonds. The number of nitrogens with zero attached hydrogens (tertiary/aromatic N) is 1. The first-order valence-corrected chi connectivity index (χ1v) is 8.04. The Labute approximate surface area is 129 Å². The highest BCUT2D eigenvalue weighted by atomic mass is 16.3. The van der Waals surface area contributed by atoms with Gasteiger partial charge in [0, 0.05) is 24.5 Å². The van der Waals surface area contributed by atoms with Gasteiger partial charge in [0.05, 0.1) is 12.7 Å². The zero-order chi connectivity index (χ0) is 15.9. The lowest BCUT2D eigenvalue weighted by Crippen LogP contribution is -2.44. The molecule has 0 spiro atoms. The molecule has 0 aromatic heterocycles. The summed E-state index contributed by atoms with van der Waals surface area (Å²) in [6, 6.07) is 10.3. The average Bonchev–Trinajstić information content (AvgIpc) is 2.48. The van der Waals surface area contributed by atoms with Crippen LogP contribution in [0, 0.1) is 5.41 Å². The molecular formula is C18H31NO2. The van der Waals surface area contributed by atoms with Crippen LogP contribution in [-0.4, -0.2) is 40.9 Å². The molecule has 1 rings (SSSR count). The second kappa shape index (κ2) is 8.52. The van der Waals surface area contributed by atoms with Crippen LogP contribution in [0.25, 0.3) is 0 Å². The largest absolute Gasteiger partial charge is 0.395 e. The van der Waals surface area contributed by atoms with Gasteiger partial charge in [-0.15, -0.1) is 0 Å². The van der Waals surface area contributed by atoms with Crippen molar-refractivity contribution in [3.8, 4) is 0 Å². The molecule has 1 aromatic carbocycles. The van der Waals surface area contributed by atoms with E-state index < -0.39 is 6.10 Å². The molecule has 0 aliphatic rings. The van der Waals surface area contributed by atoms with Gasteiger partial charge in [-0.25, -0.2) is 0 Å². The standard InChI is InChI=1S/C18H31NO2/c1-5-16(6-2)19(12-13-20)14-18(3,4)17(21)15-10-8-7-9-11-15/h7-11,16-17,20-21H,5-6,12-14H2,1-4H3. The molecule has 0 heterocycles. The van der Waals surface area contributed by atoms with Gasteiger partial charge in [-0.05, 0) is 18.4 Å². The average molecular weight is 293 g/mol. The van der Waals surface area contributed by atoms with Crippen molar-refractivity contribution in [2.24, 2.45) is 5.41 Å². The Morgan fingerprint density at radius 1 is 1.10 bits per heavy atom. The van der Waals surface area contributed by atoms with Gasteiger partial charge >= 0.3 is 0 Å². The molecule has 0 saturated heterocycles. The molecular weight excluding hydrogens is 262 g/mol. The first kappa shape index (κ1) is 18.1. The van der Waals surface area contributed by atoms with Crippen LogP contribution in [0.1, 0.15) is 52.2 Å². The van der Waals surface area contributed by atoms with Crippen LogP contribution in [0.2, 0.25) is 0 Å². The maximum Gasteiger partial charge on any atom is 0.0853 e. The minimum absolute atomic E-state index is 0.161. The molecule has 0 saturated carbocycles. The lowest BCUT2D eigenvalue weighted by atomic mass is 9.81. The first-order valence-electron chi connectivity index (χ1n) is 8.04. The van der Waals surface area contributed by atoms with Gasteiger partial charge in [0.1, 0.15) is 0 Å². The summed E-state index contributed by atoms with van der Waals surface area (Å²) in [7, 11) is 0. The van der Waals surface area contributed by atoms with Crippen LogP contribution < -0.4 is 0 Å². The van der Waals surface area contributed by atoms with E-state index in [-0.39, 0.29) is 12.0 Å². The molecule has 0 radical (unpaired) electrons. The molecule has 120 valence electrons. The highest BCUT2D eigenvalue weighted by Gasteiger charge is 2.32. The van der Waals surface area contributed by atoms with Gasteiger partial charge in [-0.1, -0.05) is 58.0 Å². The van der Waals surface area contributed by atoms with Crippen molar-refractivity contribution in [2.45, 2.75) is 52.7 Å². The molecule has 1 unspecified atom stereocenters. The number of rotatable bonds is 9. The normalized spacial score (nSPS) is 13.9. The molecule has 1 aromatic rings. The fraction of sp³-hybridized carbons (Fsp3) is 0.667. The Bertz CT molecular complexity index is 387. The number of aliphatic hydroxyl groups excluding tert-OH is 2. The number of hydrogen-bond acceptors (Lipinski definition) is 3. The van der Waals surface area contributed by atoms with Crippen molar-refractivity contribution >= 4 is 0 Å². The van der Waals surface area contributed by atoms with Gasteiger partial charge in [-0.2, -0.15) is 0 Å². The summed E-state index contributed by atoms with van der Waals surface area (Å²) < 4.78 is 0. The van der Waals surface area contributed by atoms with Gasteiger partial charge in [0.15, 0.2) is 0 Å². The van der Waals surface area contributed by atoms with E-state index in [0.717, 1.165) is 24.9 Å². The summed E-state index contributed by atoms with van der Waals surface area (Å²) in [6.07, 6.45) is 1.62. The van der Waals surface area contributed by atoms with E-state index in [0.29, 0.717) is 12.6 Å². The molecule has 0 fully saturated rings. The molecule has 3 nitrogen and oxygen atoms in total. The lowest BCUT2D eigenvalue weighted by molar-refractivity contribution is 0.00316. The Balaban J connectivity index is 2.84. The van der Waals surface area contributed by atoms with E-state index >= 15 is 0 Å². The SMILES string of the molecule is CCC(CC)N(CCO)CC(C)(C)C(O)c1ccccc1. The Kier molecular flexibility index (Phi) is 7.36. The minimum Gasteiger partial charge on any atom is -0.395 e. The highest BCUT2D eigenvalue weighted by Crippen LogP contribution is 2.34.